The minimum atomic E-state index is 0.264. The van der Waals surface area contributed by atoms with Gasteiger partial charge in [-0.05, 0) is 19.1 Å². The molecule has 2 aromatic heterocycles. The SMILES string of the molecule is Cc1c(Cl)ccc2nc(N)nn12. The molecule has 0 atom stereocenters. The highest BCUT2D eigenvalue weighted by molar-refractivity contribution is 6.31. The monoisotopic (exact) mass is 182 g/mol. The van der Waals surface area contributed by atoms with Gasteiger partial charge in [-0.2, -0.15) is 4.98 Å². The summed E-state index contributed by atoms with van der Waals surface area (Å²) in [5.41, 5.74) is 6.99. The molecule has 0 saturated carbocycles. The number of fused-ring (bicyclic) bond motifs is 1. The van der Waals surface area contributed by atoms with Crippen molar-refractivity contribution >= 4 is 23.2 Å². The molecular formula is C7H7ClN4. The van der Waals surface area contributed by atoms with Crippen molar-refractivity contribution in [3.63, 3.8) is 0 Å². The molecule has 0 aliphatic heterocycles. The van der Waals surface area contributed by atoms with Crippen molar-refractivity contribution in [2.24, 2.45) is 0 Å². The number of aromatic nitrogens is 3. The molecule has 5 heteroatoms. The first-order chi connectivity index (χ1) is 5.68. The molecule has 2 heterocycles. The topological polar surface area (TPSA) is 56.2 Å². The number of aryl methyl sites for hydroxylation is 1. The Labute approximate surface area is 74.0 Å². The van der Waals surface area contributed by atoms with Crippen LogP contribution in [0.1, 0.15) is 5.69 Å². The Morgan fingerprint density at radius 3 is 3.00 bits per heavy atom. The van der Waals surface area contributed by atoms with Gasteiger partial charge in [-0.3, -0.25) is 0 Å². The summed E-state index contributed by atoms with van der Waals surface area (Å²) < 4.78 is 1.62. The van der Waals surface area contributed by atoms with Crippen LogP contribution in [0.5, 0.6) is 0 Å². The first-order valence-electron chi connectivity index (χ1n) is 3.46. The maximum Gasteiger partial charge on any atom is 0.240 e. The van der Waals surface area contributed by atoms with Crippen molar-refractivity contribution in [1.82, 2.24) is 14.6 Å². The van der Waals surface area contributed by atoms with Gasteiger partial charge in [-0.15, -0.1) is 5.10 Å². The van der Waals surface area contributed by atoms with E-state index in [9.17, 15) is 0 Å². The lowest BCUT2D eigenvalue weighted by Gasteiger charge is -1.98. The third-order valence-electron chi connectivity index (χ3n) is 1.69. The second-order valence-electron chi connectivity index (χ2n) is 2.51. The molecule has 2 rings (SSSR count). The van der Waals surface area contributed by atoms with Gasteiger partial charge in [0.15, 0.2) is 5.65 Å². The molecule has 2 N–H and O–H groups in total. The summed E-state index contributed by atoms with van der Waals surface area (Å²) in [6.45, 7) is 1.86. The molecule has 0 bridgehead atoms. The molecular weight excluding hydrogens is 176 g/mol. The van der Waals surface area contributed by atoms with Crippen molar-refractivity contribution < 1.29 is 0 Å². The number of anilines is 1. The van der Waals surface area contributed by atoms with Gasteiger partial charge in [0, 0.05) is 0 Å². The predicted molar refractivity (Wildman–Crippen MR) is 47.1 cm³/mol. The third-order valence-corrected chi connectivity index (χ3v) is 2.09. The molecule has 0 amide bonds. The van der Waals surface area contributed by atoms with Gasteiger partial charge in [0.1, 0.15) is 0 Å². The summed E-state index contributed by atoms with van der Waals surface area (Å²) in [6.07, 6.45) is 0. The largest absolute Gasteiger partial charge is 0.366 e. The zero-order valence-corrected chi connectivity index (χ0v) is 7.21. The van der Waals surface area contributed by atoms with Crippen LogP contribution in [0.4, 0.5) is 5.95 Å². The first kappa shape index (κ1) is 7.36. The van der Waals surface area contributed by atoms with Gasteiger partial charge in [-0.25, -0.2) is 4.52 Å². The van der Waals surface area contributed by atoms with E-state index in [-0.39, 0.29) is 5.95 Å². The van der Waals surface area contributed by atoms with Crippen LogP contribution < -0.4 is 5.73 Å². The summed E-state index contributed by atoms with van der Waals surface area (Å²) in [5, 5.41) is 4.63. The number of hydrogen-bond acceptors (Lipinski definition) is 3. The number of nitrogens with two attached hydrogens (primary N) is 1. The van der Waals surface area contributed by atoms with Crippen LogP contribution in [0.3, 0.4) is 0 Å². The van der Waals surface area contributed by atoms with Crippen LogP contribution in [-0.4, -0.2) is 14.6 Å². The van der Waals surface area contributed by atoms with Crippen LogP contribution in [-0.2, 0) is 0 Å². The van der Waals surface area contributed by atoms with E-state index < -0.39 is 0 Å². The van der Waals surface area contributed by atoms with E-state index in [2.05, 4.69) is 10.1 Å². The van der Waals surface area contributed by atoms with Crippen LogP contribution in [0, 0.1) is 6.92 Å². The second kappa shape index (κ2) is 2.35. The minimum absolute atomic E-state index is 0.264. The summed E-state index contributed by atoms with van der Waals surface area (Å²) in [5.74, 6) is 0.264. The van der Waals surface area contributed by atoms with Crippen LogP contribution >= 0.6 is 11.6 Å². The molecule has 0 saturated heterocycles. The van der Waals surface area contributed by atoms with E-state index in [4.69, 9.17) is 17.3 Å². The standard InChI is InChI=1S/C7H7ClN4/c1-4-5(8)2-3-6-10-7(9)11-12(4)6/h2-3H,1H3,(H2,9,11). The number of hydrogen-bond donors (Lipinski definition) is 1. The number of rotatable bonds is 0. The smallest absolute Gasteiger partial charge is 0.240 e. The lowest BCUT2D eigenvalue weighted by Crippen LogP contribution is -1.94. The average molecular weight is 183 g/mol. The lowest BCUT2D eigenvalue weighted by atomic mass is 10.4. The molecule has 0 unspecified atom stereocenters. The number of nitrogens with zero attached hydrogens (tertiary/aromatic N) is 3. The lowest BCUT2D eigenvalue weighted by molar-refractivity contribution is 0.920. The van der Waals surface area contributed by atoms with Crippen molar-refractivity contribution in [3.8, 4) is 0 Å². The van der Waals surface area contributed by atoms with Gasteiger partial charge in [0.25, 0.3) is 0 Å². The average Bonchev–Trinajstić information content (AvgIpc) is 2.39. The Morgan fingerprint density at radius 1 is 1.50 bits per heavy atom. The first-order valence-corrected chi connectivity index (χ1v) is 3.83. The Kier molecular flexibility index (Phi) is 1.44. The Balaban J connectivity index is 2.89. The Hall–Kier alpha value is -1.29. The molecule has 0 radical (unpaired) electrons. The van der Waals surface area contributed by atoms with Crippen molar-refractivity contribution in [2.45, 2.75) is 6.92 Å². The number of nitrogen functional groups attached to an aromatic ring is 1. The highest BCUT2D eigenvalue weighted by Crippen LogP contribution is 2.16. The van der Waals surface area contributed by atoms with Gasteiger partial charge >= 0.3 is 0 Å². The minimum Gasteiger partial charge on any atom is -0.366 e. The molecule has 4 nitrogen and oxygen atoms in total. The van der Waals surface area contributed by atoms with Gasteiger partial charge < -0.3 is 5.73 Å². The van der Waals surface area contributed by atoms with E-state index >= 15 is 0 Å². The molecule has 0 spiro atoms. The number of halogens is 1. The molecule has 0 aliphatic rings. The summed E-state index contributed by atoms with van der Waals surface area (Å²) >= 11 is 5.87. The van der Waals surface area contributed by atoms with Gasteiger partial charge in [0.05, 0.1) is 10.7 Å². The van der Waals surface area contributed by atoms with Gasteiger partial charge in [0.2, 0.25) is 5.95 Å². The maximum atomic E-state index is 5.87. The van der Waals surface area contributed by atoms with E-state index in [1.54, 1.807) is 16.6 Å². The van der Waals surface area contributed by atoms with Crippen molar-refractivity contribution in [3.05, 3.63) is 22.8 Å². The normalized spacial score (nSPS) is 10.8. The fourth-order valence-corrected chi connectivity index (χ4v) is 1.21. The Morgan fingerprint density at radius 2 is 2.25 bits per heavy atom. The highest BCUT2D eigenvalue weighted by Gasteiger charge is 2.04. The van der Waals surface area contributed by atoms with Crippen molar-refractivity contribution in [1.29, 1.82) is 0 Å². The second-order valence-corrected chi connectivity index (χ2v) is 2.91. The number of pyridine rings is 1. The molecule has 62 valence electrons. The van der Waals surface area contributed by atoms with Crippen LogP contribution in [0.15, 0.2) is 12.1 Å². The summed E-state index contributed by atoms with van der Waals surface area (Å²) in [6, 6.07) is 3.55. The molecule has 0 aliphatic carbocycles. The van der Waals surface area contributed by atoms with Crippen LogP contribution in [0.25, 0.3) is 5.65 Å². The van der Waals surface area contributed by atoms with E-state index in [1.165, 1.54) is 0 Å². The van der Waals surface area contributed by atoms with E-state index in [0.717, 1.165) is 11.3 Å². The molecule has 0 aromatic carbocycles. The Bertz CT molecular complexity index is 434. The molecule has 12 heavy (non-hydrogen) atoms. The molecule has 2 aromatic rings. The van der Waals surface area contributed by atoms with Crippen LogP contribution in [0.2, 0.25) is 5.02 Å². The predicted octanol–water partition coefficient (Wildman–Crippen LogP) is 1.27. The summed E-state index contributed by atoms with van der Waals surface area (Å²) in [7, 11) is 0. The maximum absolute atomic E-state index is 5.87. The summed E-state index contributed by atoms with van der Waals surface area (Å²) in [4.78, 5) is 3.99. The fourth-order valence-electron chi connectivity index (χ4n) is 1.06. The van der Waals surface area contributed by atoms with E-state index in [0.29, 0.717) is 5.02 Å². The van der Waals surface area contributed by atoms with E-state index in [1.807, 2.05) is 6.92 Å². The quantitative estimate of drug-likeness (QED) is 0.668. The fraction of sp³-hybridized carbons (Fsp3) is 0.143. The van der Waals surface area contributed by atoms with Gasteiger partial charge in [-0.1, -0.05) is 11.6 Å². The zero-order chi connectivity index (χ0) is 8.72. The highest BCUT2D eigenvalue weighted by atomic mass is 35.5. The van der Waals surface area contributed by atoms with Crippen molar-refractivity contribution in [2.75, 3.05) is 5.73 Å². The molecule has 0 fully saturated rings. The zero-order valence-electron chi connectivity index (χ0n) is 6.45. The third kappa shape index (κ3) is 0.921.